The first kappa shape index (κ1) is 13.2. The van der Waals surface area contributed by atoms with Gasteiger partial charge in [-0.2, -0.15) is 5.10 Å². The standard InChI is InChI=1S/C12H14BrFN4/c1-18-7-9(6-16-18)12(17-15)5-8-2-3-11(14)10(13)4-8/h2-4,6-7,12,17H,5,15H2,1H3. The van der Waals surface area contributed by atoms with Gasteiger partial charge in [-0.15, -0.1) is 0 Å². The second-order valence-corrected chi connectivity index (χ2v) is 4.97. The molecular weight excluding hydrogens is 299 g/mol. The maximum absolute atomic E-state index is 13.1. The topological polar surface area (TPSA) is 55.9 Å². The Labute approximate surface area is 113 Å². The van der Waals surface area contributed by atoms with Crippen molar-refractivity contribution in [1.29, 1.82) is 0 Å². The van der Waals surface area contributed by atoms with Gasteiger partial charge in [0.05, 0.1) is 16.7 Å². The van der Waals surface area contributed by atoms with Crippen LogP contribution in [0, 0.1) is 5.82 Å². The number of nitrogens with two attached hydrogens (primary N) is 1. The fourth-order valence-electron chi connectivity index (χ4n) is 1.80. The van der Waals surface area contributed by atoms with E-state index >= 15 is 0 Å². The molecular formula is C12H14BrFN4. The van der Waals surface area contributed by atoms with Gasteiger partial charge >= 0.3 is 0 Å². The number of aromatic nitrogens is 2. The van der Waals surface area contributed by atoms with Crippen LogP contribution < -0.4 is 11.3 Å². The number of nitrogens with one attached hydrogen (secondary N) is 1. The van der Waals surface area contributed by atoms with Gasteiger partial charge in [-0.1, -0.05) is 6.07 Å². The van der Waals surface area contributed by atoms with Gasteiger partial charge in [0.1, 0.15) is 5.82 Å². The van der Waals surface area contributed by atoms with Crippen LogP contribution in [0.15, 0.2) is 35.1 Å². The van der Waals surface area contributed by atoms with Gasteiger partial charge in [0.2, 0.25) is 0 Å². The zero-order valence-corrected chi connectivity index (χ0v) is 11.5. The van der Waals surface area contributed by atoms with Crippen molar-refractivity contribution in [3.05, 3.63) is 52.0 Å². The van der Waals surface area contributed by atoms with E-state index in [1.165, 1.54) is 6.07 Å². The first-order chi connectivity index (χ1) is 8.60. The molecule has 0 saturated carbocycles. The highest BCUT2D eigenvalue weighted by atomic mass is 79.9. The lowest BCUT2D eigenvalue weighted by molar-refractivity contribution is 0.550. The van der Waals surface area contributed by atoms with Gasteiger partial charge in [-0.3, -0.25) is 16.0 Å². The predicted molar refractivity (Wildman–Crippen MR) is 71.1 cm³/mol. The van der Waals surface area contributed by atoms with Crippen molar-refractivity contribution in [1.82, 2.24) is 15.2 Å². The van der Waals surface area contributed by atoms with Crippen molar-refractivity contribution in [2.75, 3.05) is 0 Å². The van der Waals surface area contributed by atoms with E-state index in [4.69, 9.17) is 5.84 Å². The number of aryl methyl sites for hydroxylation is 1. The summed E-state index contributed by atoms with van der Waals surface area (Å²) in [5.41, 5.74) is 4.75. The maximum Gasteiger partial charge on any atom is 0.137 e. The maximum atomic E-state index is 13.1. The van der Waals surface area contributed by atoms with Crippen molar-refractivity contribution >= 4 is 15.9 Å². The van der Waals surface area contributed by atoms with E-state index in [9.17, 15) is 4.39 Å². The van der Waals surface area contributed by atoms with Gasteiger partial charge in [-0.05, 0) is 40.0 Å². The fraction of sp³-hybridized carbons (Fsp3) is 0.250. The first-order valence-corrected chi connectivity index (χ1v) is 6.28. The number of hydrazine groups is 1. The van der Waals surface area contributed by atoms with Gasteiger partial charge in [0.15, 0.2) is 0 Å². The molecule has 2 rings (SSSR count). The van der Waals surface area contributed by atoms with E-state index in [0.29, 0.717) is 10.9 Å². The predicted octanol–water partition coefficient (Wildman–Crippen LogP) is 2.07. The average Bonchev–Trinajstić information content (AvgIpc) is 2.77. The lowest BCUT2D eigenvalue weighted by Gasteiger charge is -2.14. The highest BCUT2D eigenvalue weighted by molar-refractivity contribution is 9.10. The first-order valence-electron chi connectivity index (χ1n) is 5.48. The summed E-state index contributed by atoms with van der Waals surface area (Å²) >= 11 is 3.18. The molecule has 0 radical (unpaired) electrons. The molecule has 1 unspecified atom stereocenters. The van der Waals surface area contributed by atoms with Crippen LogP contribution in [0.1, 0.15) is 17.2 Å². The summed E-state index contributed by atoms with van der Waals surface area (Å²) in [5, 5.41) is 4.11. The minimum Gasteiger partial charge on any atom is -0.275 e. The monoisotopic (exact) mass is 312 g/mol. The summed E-state index contributed by atoms with van der Waals surface area (Å²) in [7, 11) is 1.85. The van der Waals surface area contributed by atoms with Crippen molar-refractivity contribution in [2.45, 2.75) is 12.5 Å². The molecule has 4 nitrogen and oxygen atoms in total. The van der Waals surface area contributed by atoms with Crippen LogP contribution in [0.4, 0.5) is 4.39 Å². The lowest BCUT2D eigenvalue weighted by Crippen LogP contribution is -2.29. The molecule has 0 aliphatic carbocycles. The smallest absolute Gasteiger partial charge is 0.137 e. The van der Waals surface area contributed by atoms with Crippen LogP contribution in [0.2, 0.25) is 0 Å². The van der Waals surface area contributed by atoms with Gasteiger partial charge in [-0.25, -0.2) is 4.39 Å². The molecule has 1 heterocycles. The SMILES string of the molecule is Cn1cc(C(Cc2ccc(F)c(Br)c2)NN)cn1. The van der Waals surface area contributed by atoms with Gasteiger partial charge < -0.3 is 0 Å². The van der Waals surface area contributed by atoms with Crippen LogP contribution in [0.5, 0.6) is 0 Å². The number of hydrogen-bond donors (Lipinski definition) is 2. The third-order valence-corrected chi connectivity index (χ3v) is 3.36. The molecule has 1 aromatic heterocycles. The summed E-state index contributed by atoms with van der Waals surface area (Å²) < 4.78 is 15.3. The van der Waals surface area contributed by atoms with E-state index in [1.807, 2.05) is 13.2 Å². The van der Waals surface area contributed by atoms with Gasteiger partial charge in [0.25, 0.3) is 0 Å². The molecule has 0 bridgehead atoms. The molecule has 0 aliphatic rings. The molecule has 6 heteroatoms. The lowest BCUT2D eigenvalue weighted by atomic mass is 10.0. The van der Waals surface area contributed by atoms with Gasteiger partial charge in [0, 0.05) is 18.8 Å². The number of nitrogens with zero attached hydrogens (tertiary/aromatic N) is 2. The Hall–Kier alpha value is -1.24. The third-order valence-electron chi connectivity index (χ3n) is 2.75. The highest BCUT2D eigenvalue weighted by Crippen LogP contribution is 2.21. The minimum absolute atomic E-state index is 0.0453. The van der Waals surface area contributed by atoms with Crippen LogP contribution in [0.25, 0.3) is 0 Å². The molecule has 18 heavy (non-hydrogen) atoms. The van der Waals surface area contributed by atoms with Crippen molar-refractivity contribution in [3.8, 4) is 0 Å². The van der Waals surface area contributed by atoms with E-state index < -0.39 is 0 Å². The zero-order chi connectivity index (χ0) is 13.1. The number of benzene rings is 1. The van der Waals surface area contributed by atoms with E-state index in [1.54, 1.807) is 23.0 Å². The number of hydrogen-bond acceptors (Lipinski definition) is 3. The summed E-state index contributed by atoms with van der Waals surface area (Å²) in [5.74, 6) is 5.29. The molecule has 1 atom stereocenters. The van der Waals surface area contributed by atoms with Crippen molar-refractivity contribution in [3.63, 3.8) is 0 Å². The Bertz CT molecular complexity index is 541. The summed E-state index contributed by atoms with van der Waals surface area (Å²) in [6, 6.07) is 4.91. The second-order valence-electron chi connectivity index (χ2n) is 4.12. The quantitative estimate of drug-likeness (QED) is 0.671. The Morgan fingerprint density at radius 1 is 1.56 bits per heavy atom. The molecule has 0 fully saturated rings. The Kier molecular flexibility index (Phi) is 4.11. The van der Waals surface area contributed by atoms with Crippen molar-refractivity contribution in [2.24, 2.45) is 12.9 Å². The molecule has 0 amide bonds. The van der Waals surface area contributed by atoms with Crippen LogP contribution >= 0.6 is 15.9 Å². The molecule has 96 valence electrons. The number of rotatable bonds is 4. The van der Waals surface area contributed by atoms with E-state index in [-0.39, 0.29) is 11.9 Å². The highest BCUT2D eigenvalue weighted by Gasteiger charge is 2.13. The minimum atomic E-state index is -0.266. The largest absolute Gasteiger partial charge is 0.275 e. The Balaban J connectivity index is 2.17. The summed E-state index contributed by atoms with van der Waals surface area (Å²) in [6.07, 6.45) is 4.34. The number of halogens is 2. The molecule has 0 aliphatic heterocycles. The Morgan fingerprint density at radius 3 is 2.89 bits per heavy atom. The Morgan fingerprint density at radius 2 is 2.33 bits per heavy atom. The fourth-order valence-corrected chi connectivity index (χ4v) is 2.22. The third kappa shape index (κ3) is 2.95. The zero-order valence-electron chi connectivity index (χ0n) is 9.90. The average molecular weight is 313 g/mol. The van der Waals surface area contributed by atoms with Crippen LogP contribution in [0.3, 0.4) is 0 Å². The molecule has 0 saturated heterocycles. The van der Waals surface area contributed by atoms with E-state index in [0.717, 1.165) is 11.1 Å². The summed E-state index contributed by atoms with van der Waals surface area (Å²) in [6.45, 7) is 0. The van der Waals surface area contributed by atoms with Crippen LogP contribution in [-0.2, 0) is 13.5 Å². The molecule has 2 aromatic rings. The molecule has 0 spiro atoms. The molecule has 1 aromatic carbocycles. The normalized spacial score (nSPS) is 12.7. The van der Waals surface area contributed by atoms with Crippen LogP contribution in [-0.4, -0.2) is 9.78 Å². The van der Waals surface area contributed by atoms with E-state index in [2.05, 4.69) is 26.5 Å². The summed E-state index contributed by atoms with van der Waals surface area (Å²) in [4.78, 5) is 0. The second kappa shape index (κ2) is 5.60. The molecule has 3 N–H and O–H groups in total. The van der Waals surface area contributed by atoms with Crippen molar-refractivity contribution < 1.29 is 4.39 Å².